The zero-order chi connectivity index (χ0) is 13.6. The Hall–Kier alpha value is -1.44. The number of fused-ring (bicyclic) bond motifs is 1. The summed E-state index contributed by atoms with van der Waals surface area (Å²) >= 11 is 2.92. The van der Waals surface area contributed by atoms with E-state index in [0.29, 0.717) is 0 Å². The number of nitrogens with two attached hydrogens (primary N) is 1. The number of carbonyl (C=O) groups is 1. The molecule has 19 heavy (non-hydrogen) atoms. The van der Waals surface area contributed by atoms with Crippen LogP contribution in [0.5, 0.6) is 0 Å². The Kier molecular flexibility index (Phi) is 3.04. The fraction of sp³-hybridized carbons (Fsp3) is 0.250. The Labute approximate surface area is 119 Å². The van der Waals surface area contributed by atoms with Crippen LogP contribution < -0.4 is 10.6 Å². The maximum atomic E-state index is 11.8. The van der Waals surface area contributed by atoms with E-state index in [2.05, 4.69) is 9.36 Å². The lowest BCUT2D eigenvalue weighted by Gasteiger charge is -2.10. The number of benzene rings is 1. The van der Waals surface area contributed by atoms with Gasteiger partial charge in [0.1, 0.15) is 11.9 Å². The van der Waals surface area contributed by atoms with Gasteiger partial charge in [0.15, 0.2) is 4.34 Å². The van der Waals surface area contributed by atoms with Crippen LogP contribution >= 0.6 is 23.3 Å². The van der Waals surface area contributed by atoms with Crippen molar-refractivity contribution in [1.29, 1.82) is 0 Å². The molecule has 1 aliphatic rings. The van der Waals surface area contributed by atoms with Gasteiger partial charge in [0, 0.05) is 23.2 Å². The van der Waals surface area contributed by atoms with E-state index >= 15 is 0 Å². The lowest BCUT2D eigenvalue weighted by molar-refractivity contribution is -0.118. The highest BCUT2D eigenvalue weighted by molar-refractivity contribution is 8.01. The fourth-order valence-corrected chi connectivity index (χ4v) is 3.68. The highest BCUT2D eigenvalue weighted by Gasteiger charge is 2.32. The molecule has 98 valence electrons. The molecule has 0 bridgehead atoms. The minimum atomic E-state index is -0.539. The van der Waals surface area contributed by atoms with E-state index in [9.17, 15) is 4.79 Å². The van der Waals surface area contributed by atoms with Crippen molar-refractivity contribution in [2.45, 2.75) is 22.2 Å². The second kappa shape index (κ2) is 4.59. The maximum absolute atomic E-state index is 11.8. The van der Waals surface area contributed by atoms with Gasteiger partial charge < -0.3 is 10.6 Å². The molecule has 2 aromatic rings. The molecule has 2 N–H and O–H groups in total. The van der Waals surface area contributed by atoms with Crippen molar-refractivity contribution in [1.82, 2.24) is 9.36 Å². The summed E-state index contributed by atoms with van der Waals surface area (Å²) in [7, 11) is 1.75. The molecule has 1 aromatic carbocycles. The molecule has 0 spiro atoms. The van der Waals surface area contributed by atoms with Crippen LogP contribution in [0.2, 0.25) is 0 Å². The van der Waals surface area contributed by atoms with Gasteiger partial charge in [0.05, 0.1) is 0 Å². The van der Waals surface area contributed by atoms with Gasteiger partial charge in [0.2, 0.25) is 5.91 Å². The van der Waals surface area contributed by atoms with Gasteiger partial charge in [-0.15, -0.1) is 0 Å². The quantitative estimate of drug-likeness (QED) is 0.916. The molecule has 0 fully saturated rings. The van der Waals surface area contributed by atoms with E-state index < -0.39 is 6.04 Å². The smallest absolute Gasteiger partial charge is 0.248 e. The van der Waals surface area contributed by atoms with Gasteiger partial charge in [-0.3, -0.25) is 4.79 Å². The van der Waals surface area contributed by atoms with Gasteiger partial charge in [-0.1, -0.05) is 17.8 Å². The third-order valence-electron chi connectivity index (χ3n) is 3.01. The first-order valence-electron chi connectivity index (χ1n) is 5.71. The largest absolute Gasteiger partial charge is 0.316 e. The van der Waals surface area contributed by atoms with Crippen molar-refractivity contribution < 1.29 is 4.79 Å². The Balaban J connectivity index is 1.92. The van der Waals surface area contributed by atoms with E-state index in [0.717, 1.165) is 26.3 Å². The molecule has 1 aromatic heterocycles. The summed E-state index contributed by atoms with van der Waals surface area (Å²) in [6, 6.07) is 5.31. The Morgan fingerprint density at radius 3 is 2.95 bits per heavy atom. The molecule has 2 heterocycles. The van der Waals surface area contributed by atoms with Crippen LogP contribution in [0.1, 0.15) is 17.4 Å². The molecule has 1 amide bonds. The Bertz CT molecular complexity index is 655. The molecule has 0 saturated carbocycles. The zero-order valence-corrected chi connectivity index (χ0v) is 12.1. The normalized spacial score (nSPS) is 17.9. The summed E-state index contributed by atoms with van der Waals surface area (Å²) in [6.45, 7) is 1.87. The van der Waals surface area contributed by atoms with Crippen LogP contribution in [-0.2, 0) is 4.79 Å². The lowest BCUT2D eigenvalue weighted by atomic mass is 10.1. The molecule has 7 heteroatoms. The third-order valence-corrected chi connectivity index (χ3v) is 4.84. The first-order chi connectivity index (χ1) is 9.06. The van der Waals surface area contributed by atoms with Crippen LogP contribution in [0.15, 0.2) is 27.4 Å². The van der Waals surface area contributed by atoms with Gasteiger partial charge in [0.25, 0.3) is 0 Å². The number of likely N-dealkylation sites (N-methyl/N-ethyl adjacent to an activating group) is 1. The van der Waals surface area contributed by atoms with Gasteiger partial charge >= 0.3 is 0 Å². The molecule has 0 saturated heterocycles. The molecule has 0 aliphatic carbocycles. The van der Waals surface area contributed by atoms with E-state index in [-0.39, 0.29) is 5.91 Å². The monoisotopic (exact) mass is 292 g/mol. The van der Waals surface area contributed by atoms with Crippen LogP contribution in [-0.4, -0.2) is 22.3 Å². The van der Waals surface area contributed by atoms with Crippen LogP contribution in [0, 0.1) is 6.92 Å². The minimum Gasteiger partial charge on any atom is -0.316 e. The van der Waals surface area contributed by atoms with Crippen LogP contribution in [0.3, 0.4) is 0 Å². The number of anilines is 1. The summed E-state index contributed by atoms with van der Waals surface area (Å²) < 4.78 is 5.05. The number of hydrogen-bond acceptors (Lipinski definition) is 6. The number of rotatable bonds is 2. The second-order valence-electron chi connectivity index (χ2n) is 4.31. The van der Waals surface area contributed by atoms with Crippen molar-refractivity contribution in [3.8, 4) is 0 Å². The van der Waals surface area contributed by atoms with Crippen molar-refractivity contribution >= 4 is 34.9 Å². The Morgan fingerprint density at radius 1 is 1.47 bits per heavy atom. The Morgan fingerprint density at radius 2 is 2.26 bits per heavy atom. The number of aromatic nitrogens is 2. The number of hydrogen-bond donors (Lipinski definition) is 1. The predicted molar refractivity (Wildman–Crippen MR) is 75.5 cm³/mol. The molecule has 3 rings (SSSR count). The van der Waals surface area contributed by atoms with E-state index in [4.69, 9.17) is 5.73 Å². The SMILES string of the molecule is Cc1nsc(Sc2ccc3c(c2)N(C)C(=O)C3N)n1. The van der Waals surface area contributed by atoms with E-state index in [1.54, 1.807) is 23.7 Å². The van der Waals surface area contributed by atoms with E-state index in [1.165, 1.54) is 11.5 Å². The van der Waals surface area contributed by atoms with Gasteiger partial charge in [-0.2, -0.15) is 4.37 Å². The minimum absolute atomic E-state index is 0.0658. The van der Waals surface area contributed by atoms with Crippen molar-refractivity contribution in [3.63, 3.8) is 0 Å². The van der Waals surface area contributed by atoms with Crippen LogP contribution in [0.4, 0.5) is 5.69 Å². The molecule has 0 radical (unpaired) electrons. The summed E-state index contributed by atoms with van der Waals surface area (Å²) in [5.41, 5.74) is 7.63. The highest BCUT2D eigenvalue weighted by Crippen LogP contribution is 2.38. The molecule has 1 unspecified atom stereocenters. The summed E-state index contributed by atoms with van der Waals surface area (Å²) in [6.07, 6.45) is 0. The van der Waals surface area contributed by atoms with Crippen molar-refractivity contribution in [2.24, 2.45) is 5.73 Å². The topological polar surface area (TPSA) is 72.1 Å². The maximum Gasteiger partial charge on any atom is 0.248 e. The molecule has 1 aliphatic heterocycles. The number of nitrogens with zero attached hydrogens (tertiary/aromatic N) is 3. The van der Waals surface area contributed by atoms with Crippen molar-refractivity contribution in [3.05, 3.63) is 29.6 Å². The summed E-state index contributed by atoms with van der Waals surface area (Å²) in [4.78, 5) is 18.8. The third kappa shape index (κ3) is 2.13. The fourth-order valence-electron chi connectivity index (χ4n) is 2.02. The first kappa shape index (κ1) is 12.6. The molecule has 1 atom stereocenters. The predicted octanol–water partition coefficient (Wildman–Crippen LogP) is 1.97. The van der Waals surface area contributed by atoms with Gasteiger partial charge in [-0.25, -0.2) is 4.98 Å². The lowest BCUT2D eigenvalue weighted by Crippen LogP contribution is -2.27. The van der Waals surface area contributed by atoms with Gasteiger partial charge in [-0.05, 0) is 30.6 Å². The molecular formula is C12H12N4OS2. The van der Waals surface area contributed by atoms with E-state index in [1.807, 2.05) is 25.1 Å². The number of amides is 1. The van der Waals surface area contributed by atoms with Crippen molar-refractivity contribution in [2.75, 3.05) is 11.9 Å². The molecule has 5 nitrogen and oxygen atoms in total. The summed E-state index contributed by atoms with van der Waals surface area (Å²) in [5, 5.41) is 0. The average molecular weight is 292 g/mol. The standard InChI is InChI=1S/C12H12N4OS2/c1-6-14-12(19-15-6)18-7-3-4-8-9(5-7)16(2)11(17)10(8)13/h3-5,10H,13H2,1-2H3. The second-order valence-corrected chi connectivity index (χ2v) is 6.38. The number of carbonyl (C=O) groups excluding carboxylic acids is 1. The zero-order valence-electron chi connectivity index (χ0n) is 10.5. The number of aryl methyl sites for hydroxylation is 1. The highest BCUT2D eigenvalue weighted by atomic mass is 32.2. The average Bonchev–Trinajstić information content (AvgIpc) is 2.89. The van der Waals surface area contributed by atoms with Crippen LogP contribution in [0.25, 0.3) is 0 Å². The summed E-state index contributed by atoms with van der Waals surface area (Å²) in [5.74, 6) is 0.715. The molecular weight excluding hydrogens is 280 g/mol. The first-order valence-corrected chi connectivity index (χ1v) is 7.30.